The number of hydrogen-bond donors (Lipinski definition) is 2. The third-order valence-corrected chi connectivity index (χ3v) is 5.21. The fourth-order valence-corrected chi connectivity index (χ4v) is 3.98. The summed E-state index contributed by atoms with van der Waals surface area (Å²) in [5, 5.41) is 7.94. The lowest BCUT2D eigenvalue weighted by Gasteiger charge is -2.23. The number of nitrogens with zero attached hydrogens (tertiary/aromatic N) is 3. The number of halogens is 2. The van der Waals surface area contributed by atoms with E-state index in [9.17, 15) is 0 Å². The van der Waals surface area contributed by atoms with Crippen LogP contribution >= 0.6 is 23.2 Å². The Morgan fingerprint density at radius 2 is 1.57 bits per heavy atom. The third kappa shape index (κ3) is 4.91. The van der Waals surface area contributed by atoms with Gasteiger partial charge in [0.2, 0.25) is 5.95 Å². The minimum absolute atomic E-state index is 0.412. The molecular formula is C21H21Cl2N5. The van der Waals surface area contributed by atoms with Crippen LogP contribution in [0, 0.1) is 0 Å². The van der Waals surface area contributed by atoms with Gasteiger partial charge in [-0.3, -0.25) is 4.98 Å². The monoisotopic (exact) mass is 413 g/mol. The first-order valence-corrected chi connectivity index (χ1v) is 10.2. The van der Waals surface area contributed by atoms with E-state index in [1.807, 2.05) is 30.3 Å². The molecule has 4 rings (SSSR count). The first-order valence-electron chi connectivity index (χ1n) is 9.45. The Bertz CT molecular complexity index is 923. The van der Waals surface area contributed by atoms with Gasteiger partial charge in [0.1, 0.15) is 5.82 Å². The molecule has 7 heteroatoms. The molecule has 144 valence electrons. The highest BCUT2D eigenvalue weighted by atomic mass is 35.5. The smallest absolute Gasteiger partial charge is 0.225 e. The summed E-state index contributed by atoms with van der Waals surface area (Å²) in [6.07, 6.45) is 9.61. The molecule has 2 aromatic heterocycles. The van der Waals surface area contributed by atoms with Crippen molar-refractivity contribution in [3.63, 3.8) is 0 Å². The van der Waals surface area contributed by atoms with E-state index in [0.717, 1.165) is 29.8 Å². The van der Waals surface area contributed by atoms with E-state index < -0.39 is 0 Å². The van der Waals surface area contributed by atoms with Gasteiger partial charge in [0.25, 0.3) is 0 Å². The molecule has 0 spiro atoms. The average Bonchev–Trinajstić information content (AvgIpc) is 2.68. The molecule has 1 aliphatic carbocycles. The van der Waals surface area contributed by atoms with Crippen molar-refractivity contribution >= 4 is 40.7 Å². The van der Waals surface area contributed by atoms with Gasteiger partial charge in [-0.05, 0) is 43.2 Å². The Labute approximate surface area is 174 Å². The molecule has 1 saturated carbocycles. The van der Waals surface area contributed by atoms with Crippen LogP contribution in [0.2, 0.25) is 10.0 Å². The Morgan fingerprint density at radius 3 is 2.29 bits per heavy atom. The van der Waals surface area contributed by atoms with Crippen LogP contribution in [0.1, 0.15) is 32.1 Å². The number of aromatic nitrogens is 3. The molecule has 0 atom stereocenters. The molecule has 0 amide bonds. The molecule has 0 aliphatic heterocycles. The van der Waals surface area contributed by atoms with Crippen LogP contribution in [0.5, 0.6) is 0 Å². The summed E-state index contributed by atoms with van der Waals surface area (Å²) in [4.78, 5) is 13.5. The molecular weight excluding hydrogens is 393 g/mol. The van der Waals surface area contributed by atoms with Gasteiger partial charge in [-0.1, -0.05) is 42.5 Å². The van der Waals surface area contributed by atoms with Crippen LogP contribution in [-0.4, -0.2) is 21.0 Å². The molecule has 0 saturated heterocycles. The van der Waals surface area contributed by atoms with Gasteiger partial charge in [0.15, 0.2) is 0 Å². The molecule has 2 N–H and O–H groups in total. The van der Waals surface area contributed by atoms with Gasteiger partial charge in [-0.2, -0.15) is 4.98 Å². The SMILES string of the molecule is Clc1cc(Cl)cc(Nc2cc(-c3ccncc3)nc(NC3CCCCC3)n2)c1. The zero-order chi connectivity index (χ0) is 19.3. The van der Waals surface area contributed by atoms with Crippen molar-refractivity contribution in [2.75, 3.05) is 10.6 Å². The molecule has 3 aromatic rings. The van der Waals surface area contributed by atoms with Crippen molar-refractivity contribution in [1.29, 1.82) is 0 Å². The standard InChI is InChI=1S/C21H21Cl2N5/c22-15-10-16(23)12-18(11-15)25-20-13-19(14-6-8-24-9-7-14)27-21(28-20)26-17-4-2-1-3-5-17/h6-13,17H,1-5H2,(H2,25,26,27,28). The second-order valence-corrected chi connectivity index (χ2v) is 7.83. The summed E-state index contributed by atoms with van der Waals surface area (Å²) in [6, 6.07) is 11.5. The van der Waals surface area contributed by atoms with E-state index in [1.165, 1.54) is 19.3 Å². The van der Waals surface area contributed by atoms with Crippen LogP contribution < -0.4 is 10.6 Å². The van der Waals surface area contributed by atoms with Crippen molar-refractivity contribution in [1.82, 2.24) is 15.0 Å². The molecule has 0 unspecified atom stereocenters. The van der Waals surface area contributed by atoms with Gasteiger partial charge < -0.3 is 10.6 Å². The Hall–Kier alpha value is -2.37. The molecule has 28 heavy (non-hydrogen) atoms. The minimum Gasteiger partial charge on any atom is -0.351 e. The quantitative estimate of drug-likeness (QED) is 0.511. The normalized spacial score (nSPS) is 14.6. The first-order chi connectivity index (χ1) is 13.7. The topological polar surface area (TPSA) is 62.7 Å². The average molecular weight is 414 g/mol. The summed E-state index contributed by atoms with van der Waals surface area (Å²) < 4.78 is 0. The van der Waals surface area contributed by atoms with Crippen molar-refractivity contribution in [2.45, 2.75) is 38.1 Å². The largest absolute Gasteiger partial charge is 0.351 e. The van der Waals surface area contributed by atoms with E-state index in [2.05, 4.69) is 20.6 Å². The predicted octanol–water partition coefficient (Wildman–Crippen LogP) is 6.33. The fourth-order valence-electron chi connectivity index (χ4n) is 3.45. The lowest BCUT2D eigenvalue weighted by molar-refractivity contribution is 0.461. The van der Waals surface area contributed by atoms with Crippen molar-refractivity contribution in [3.05, 3.63) is 58.8 Å². The highest BCUT2D eigenvalue weighted by molar-refractivity contribution is 6.35. The van der Waals surface area contributed by atoms with Crippen molar-refractivity contribution in [2.24, 2.45) is 0 Å². The Balaban J connectivity index is 1.66. The van der Waals surface area contributed by atoms with Crippen molar-refractivity contribution < 1.29 is 0 Å². The number of hydrogen-bond acceptors (Lipinski definition) is 5. The number of benzene rings is 1. The summed E-state index contributed by atoms with van der Waals surface area (Å²) in [5.74, 6) is 1.30. The molecule has 5 nitrogen and oxygen atoms in total. The van der Waals surface area contributed by atoms with Gasteiger partial charge >= 0.3 is 0 Å². The zero-order valence-corrected chi connectivity index (χ0v) is 16.8. The maximum absolute atomic E-state index is 6.13. The maximum atomic E-state index is 6.13. The molecule has 0 radical (unpaired) electrons. The van der Waals surface area contributed by atoms with Gasteiger partial charge in [-0.25, -0.2) is 4.98 Å². The second kappa shape index (κ2) is 8.76. The predicted molar refractivity (Wildman–Crippen MR) is 116 cm³/mol. The van der Waals surface area contributed by atoms with E-state index in [4.69, 9.17) is 28.2 Å². The highest BCUT2D eigenvalue weighted by Gasteiger charge is 2.15. The molecule has 1 fully saturated rings. The summed E-state index contributed by atoms with van der Waals surface area (Å²) in [7, 11) is 0. The van der Waals surface area contributed by atoms with E-state index in [0.29, 0.717) is 27.9 Å². The van der Waals surface area contributed by atoms with Crippen LogP contribution in [0.15, 0.2) is 48.8 Å². The molecule has 1 aromatic carbocycles. The molecule has 2 heterocycles. The third-order valence-electron chi connectivity index (χ3n) is 4.78. The maximum Gasteiger partial charge on any atom is 0.225 e. The van der Waals surface area contributed by atoms with E-state index >= 15 is 0 Å². The molecule has 0 bridgehead atoms. The minimum atomic E-state index is 0.412. The Morgan fingerprint density at radius 1 is 0.857 bits per heavy atom. The lowest BCUT2D eigenvalue weighted by atomic mass is 9.96. The van der Waals surface area contributed by atoms with Gasteiger partial charge in [0.05, 0.1) is 5.69 Å². The van der Waals surface area contributed by atoms with Crippen LogP contribution in [0.3, 0.4) is 0 Å². The molecule has 1 aliphatic rings. The van der Waals surface area contributed by atoms with E-state index in [1.54, 1.807) is 18.5 Å². The summed E-state index contributed by atoms with van der Waals surface area (Å²) in [6.45, 7) is 0. The zero-order valence-electron chi connectivity index (χ0n) is 15.3. The van der Waals surface area contributed by atoms with Gasteiger partial charge in [-0.15, -0.1) is 0 Å². The number of nitrogens with one attached hydrogen (secondary N) is 2. The number of anilines is 3. The summed E-state index contributed by atoms with van der Waals surface area (Å²) in [5.41, 5.74) is 2.59. The lowest BCUT2D eigenvalue weighted by Crippen LogP contribution is -2.23. The van der Waals surface area contributed by atoms with Gasteiger partial charge in [0, 0.05) is 45.8 Å². The number of rotatable bonds is 5. The van der Waals surface area contributed by atoms with Crippen LogP contribution in [0.25, 0.3) is 11.3 Å². The fraction of sp³-hybridized carbons (Fsp3) is 0.286. The summed E-state index contributed by atoms with van der Waals surface area (Å²) >= 11 is 12.3. The second-order valence-electron chi connectivity index (χ2n) is 6.96. The first kappa shape index (κ1) is 19.0. The van der Waals surface area contributed by atoms with Crippen molar-refractivity contribution in [3.8, 4) is 11.3 Å². The Kier molecular flexibility index (Phi) is 5.93. The highest BCUT2D eigenvalue weighted by Crippen LogP contribution is 2.28. The number of pyridine rings is 1. The van der Waals surface area contributed by atoms with Crippen LogP contribution in [0.4, 0.5) is 17.5 Å². The van der Waals surface area contributed by atoms with E-state index in [-0.39, 0.29) is 0 Å². The van der Waals surface area contributed by atoms with Crippen LogP contribution in [-0.2, 0) is 0 Å².